The number of piperidine rings is 1. The summed E-state index contributed by atoms with van der Waals surface area (Å²) in [5.74, 6) is -0.245. The number of hydrogen-bond acceptors (Lipinski definition) is 4. The molecule has 2 rings (SSSR count). The van der Waals surface area contributed by atoms with E-state index in [-0.39, 0.29) is 28.3 Å². The zero-order valence-corrected chi connectivity index (χ0v) is 10.9. The summed E-state index contributed by atoms with van der Waals surface area (Å²) >= 11 is 5.72. The van der Waals surface area contributed by atoms with Crippen LogP contribution in [0.2, 0.25) is 5.02 Å². The van der Waals surface area contributed by atoms with Crippen molar-refractivity contribution in [2.45, 2.75) is 25.3 Å². The Morgan fingerprint density at radius 1 is 1.47 bits per heavy atom. The second kappa shape index (κ2) is 5.99. The Hall–Kier alpha value is -1.66. The van der Waals surface area contributed by atoms with E-state index < -0.39 is 4.92 Å². The highest BCUT2D eigenvalue weighted by Crippen LogP contribution is 2.28. The molecule has 0 radical (unpaired) electrons. The highest BCUT2D eigenvalue weighted by Gasteiger charge is 2.23. The molecular weight excluding hydrogens is 270 g/mol. The van der Waals surface area contributed by atoms with Crippen molar-refractivity contribution in [2.75, 3.05) is 11.9 Å². The molecule has 6 nitrogen and oxygen atoms in total. The molecular formula is C12H14ClN3O3. The van der Waals surface area contributed by atoms with Gasteiger partial charge in [0.1, 0.15) is 5.69 Å². The van der Waals surface area contributed by atoms with Gasteiger partial charge in [0.2, 0.25) is 5.91 Å². The number of anilines is 1. The quantitative estimate of drug-likeness (QED) is 0.659. The van der Waals surface area contributed by atoms with Crippen LogP contribution in [0, 0.1) is 10.1 Å². The van der Waals surface area contributed by atoms with Crippen LogP contribution in [0.3, 0.4) is 0 Å². The van der Waals surface area contributed by atoms with Gasteiger partial charge in [0.25, 0.3) is 5.69 Å². The average molecular weight is 284 g/mol. The van der Waals surface area contributed by atoms with Crippen LogP contribution < -0.4 is 10.6 Å². The fourth-order valence-corrected chi connectivity index (χ4v) is 2.22. The summed E-state index contributed by atoms with van der Waals surface area (Å²) in [5.41, 5.74) is -0.0246. The maximum Gasteiger partial charge on any atom is 0.294 e. The highest BCUT2D eigenvalue weighted by atomic mass is 35.5. The largest absolute Gasteiger partial charge is 0.319 e. The van der Waals surface area contributed by atoms with Gasteiger partial charge in [-0.15, -0.1) is 0 Å². The molecule has 1 unspecified atom stereocenters. The van der Waals surface area contributed by atoms with Gasteiger partial charge in [-0.25, -0.2) is 0 Å². The molecule has 1 aromatic rings. The minimum atomic E-state index is -0.560. The molecule has 0 aliphatic carbocycles. The third kappa shape index (κ3) is 3.42. The van der Waals surface area contributed by atoms with E-state index in [9.17, 15) is 14.9 Å². The van der Waals surface area contributed by atoms with Crippen LogP contribution in [0.4, 0.5) is 11.4 Å². The first-order chi connectivity index (χ1) is 9.08. The number of rotatable bonds is 3. The monoisotopic (exact) mass is 283 g/mol. The summed E-state index contributed by atoms with van der Waals surface area (Å²) in [7, 11) is 0. The number of carbonyl (C=O) groups excluding carboxylic acids is 1. The number of nitrogens with one attached hydrogen (secondary N) is 2. The molecule has 1 amide bonds. The normalized spacial score (nSPS) is 18.9. The Bertz CT molecular complexity index is 501. The molecule has 7 heteroatoms. The van der Waals surface area contributed by atoms with Crippen molar-refractivity contribution in [3.05, 3.63) is 33.3 Å². The van der Waals surface area contributed by atoms with Crippen molar-refractivity contribution in [2.24, 2.45) is 0 Å². The van der Waals surface area contributed by atoms with Crippen LogP contribution in [-0.4, -0.2) is 23.4 Å². The molecule has 1 fully saturated rings. The zero-order valence-electron chi connectivity index (χ0n) is 10.2. The summed E-state index contributed by atoms with van der Waals surface area (Å²) < 4.78 is 0. The molecule has 1 saturated heterocycles. The van der Waals surface area contributed by atoms with E-state index in [1.807, 2.05) is 0 Å². The molecule has 0 bridgehead atoms. The standard InChI is InChI=1S/C12H14ClN3O3/c13-8-4-5-9(11(7-8)16(18)19)15-12(17)10-3-1-2-6-14-10/h4-5,7,10,14H,1-3,6H2,(H,15,17). The second-order valence-electron chi connectivity index (χ2n) is 4.41. The van der Waals surface area contributed by atoms with E-state index in [0.717, 1.165) is 25.8 Å². The minimum absolute atomic E-state index is 0.173. The number of benzene rings is 1. The molecule has 19 heavy (non-hydrogen) atoms. The Morgan fingerprint density at radius 2 is 2.26 bits per heavy atom. The topological polar surface area (TPSA) is 84.3 Å². The van der Waals surface area contributed by atoms with Crippen LogP contribution in [0.25, 0.3) is 0 Å². The molecule has 0 aromatic heterocycles. The molecule has 102 valence electrons. The molecule has 2 N–H and O–H groups in total. The predicted octanol–water partition coefficient (Wildman–Crippen LogP) is 2.33. The van der Waals surface area contributed by atoms with Gasteiger partial charge in [-0.1, -0.05) is 18.0 Å². The number of nitrogens with zero attached hydrogens (tertiary/aromatic N) is 1. The van der Waals surface area contributed by atoms with Gasteiger partial charge >= 0.3 is 0 Å². The number of nitro benzene ring substituents is 1. The van der Waals surface area contributed by atoms with E-state index in [4.69, 9.17) is 11.6 Å². The van der Waals surface area contributed by atoms with Crippen molar-refractivity contribution < 1.29 is 9.72 Å². The smallest absolute Gasteiger partial charge is 0.294 e. The van der Waals surface area contributed by atoms with Gasteiger partial charge in [-0.2, -0.15) is 0 Å². The average Bonchev–Trinajstić information content (AvgIpc) is 2.41. The maximum absolute atomic E-state index is 12.0. The van der Waals surface area contributed by atoms with Crippen LogP contribution in [-0.2, 0) is 4.79 Å². The van der Waals surface area contributed by atoms with Crippen LogP contribution in [0.5, 0.6) is 0 Å². The van der Waals surface area contributed by atoms with Gasteiger partial charge in [-0.3, -0.25) is 14.9 Å². The summed E-state index contributed by atoms with van der Waals surface area (Å²) in [4.78, 5) is 22.4. The summed E-state index contributed by atoms with van der Waals surface area (Å²) in [5, 5.41) is 16.9. The Morgan fingerprint density at radius 3 is 2.89 bits per heavy atom. The summed E-state index contributed by atoms with van der Waals surface area (Å²) in [6.45, 7) is 0.792. The first-order valence-corrected chi connectivity index (χ1v) is 6.44. The van der Waals surface area contributed by atoms with Gasteiger partial charge in [0.05, 0.1) is 11.0 Å². The number of amides is 1. The lowest BCUT2D eigenvalue weighted by molar-refractivity contribution is -0.383. The molecule has 1 aromatic carbocycles. The number of hydrogen-bond donors (Lipinski definition) is 2. The van der Waals surface area contributed by atoms with Gasteiger partial charge in [-0.05, 0) is 31.5 Å². The Labute approximate surface area is 115 Å². The van der Waals surface area contributed by atoms with Crippen molar-refractivity contribution in [3.8, 4) is 0 Å². The van der Waals surface area contributed by atoms with Crippen LogP contribution in [0.1, 0.15) is 19.3 Å². The Kier molecular flexibility index (Phi) is 4.34. The fourth-order valence-electron chi connectivity index (χ4n) is 2.06. The first-order valence-electron chi connectivity index (χ1n) is 6.06. The van der Waals surface area contributed by atoms with Gasteiger partial charge in [0, 0.05) is 11.1 Å². The zero-order chi connectivity index (χ0) is 13.8. The molecule has 1 aliphatic rings. The number of halogens is 1. The molecule has 1 aliphatic heterocycles. The van der Waals surface area contributed by atoms with Crippen LogP contribution >= 0.6 is 11.6 Å². The summed E-state index contributed by atoms with van der Waals surface area (Å²) in [6.07, 6.45) is 2.77. The van der Waals surface area contributed by atoms with Gasteiger partial charge in [0.15, 0.2) is 0 Å². The first kappa shape index (κ1) is 13.8. The van der Waals surface area contributed by atoms with Crippen LogP contribution in [0.15, 0.2) is 18.2 Å². The highest BCUT2D eigenvalue weighted by molar-refractivity contribution is 6.31. The maximum atomic E-state index is 12.0. The van der Waals surface area contributed by atoms with E-state index in [1.54, 1.807) is 0 Å². The van der Waals surface area contributed by atoms with Crippen molar-refractivity contribution in [1.82, 2.24) is 5.32 Å². The van der Waals surface area contributed by atoms with E-state index >= 15 is 0 Å². The number of carbonyl (C=O) groups is 1. The molecule has 1 atom stereocenters. The van der Waals surface area contributed by atoms with Gasteiger partial charge < -0.3 is 10.6 Å². The predicted molar refractivity (Wildman–Crippen MR) is 72.4 cm³/mol. The summed E-state index contributed by atoms with van der Waals surface area (Å²) in [6, 6.07) is 3.90. The third-order valence-electron chi connectivity index (χ3n) is 3.04. The second-order valence-corrected chi connectivity index (χ2v) is 4.85. The Balaban J connectivity index is 2.13. The minimum Gasteiger partial charge on any atom is -0.319 e. The SMILES string of the molecule is O=C(Nc1ccc(Cl)cc1[N+](=O)[O-])C1CCCCN1. The van der Waals surface area contributed by atoms with E-state index in [0.29, 0.717) is 0 Å². The lowest BCUT2D eigenvalue weighted by Gasteiger charge is -2.22. The molecule has 0 spiro atoms. The third-order valence-corrected chi connectivity index (χ3v) is 3.28. The fraction of sp³-hybridized carbons (Fsp3) is 0.417. The van der Waals surface area contributed by atoms with Crippen molar-refractivity contribution in [1.29, 1.82) is 0 Å². The number of nitro groups is 1. The lowest BCUT2D eigenvalue weighted by atomic mass is 10.0. The van der Waals surface area contributed by atoms with Crippen molar-refractivity contribution in [3.63, 3.8) is 0 Å². The molecule has 0 saturated carbocycles. The van der Waals surface area contributed by atoms with Crippen molar-refractivity contribution >= 4 is 28.9 Å². The van der Waals surface area contributed by atoms with E-state index in [1.165, 1.54) is 18.2 Å². The van der Waals surface area contributed by atoms with E-state index in [2.05, 4.69) is 10.6 Å². The molecule has 1 heterocycles. The lowest BCUT2D eigenvalue weighted by Crippen LogP contribution is -2.43.